The zero-order valence-electron chi connectivity index (χ0n) is 14.5. The van der Waals surface area contributed by atoms with Crippen LogP contribution in [0.5, 0.6) is 11.5 Å². The molecule has 2 aromatic carbocycles. The Bertz CT molecular complexity index is 727. The Morgan fingerprint density at radius 3 is 2.72 bits per heavy atom. The van der Waals surface area contributed by atoms with Crippen molar-refractivity contribution in [2.75, 3.05) is 19.0 Å². The number of amides is 1. The van der Waals surface area contributed by atoms with E-state index in [1.165, 1.54) is 25.0 Å². The molecule has 0 aliphatic rings. The number of anilines is 1. The second-order valence-electron chi connectivity index (χ2n) is 5.62. The van der Waals surface area contributed by atoms with Crippen LogP contribution in [0.2, 0.25) is 0 Å². The number of carbonyl (C=O) groups is 1. The van der Waals surface area contributed by atoms with E-state index in [-0.39, 0.29) is 11.7 Å². The van der Waals surface area contributed by atoms with Gasteiger partial charge in [-0.05, 0) is 49.2 Å². The highest BCUT2D eigenvalue weighted by Crippen LogP contribution is 2.25. The number of carbonyl (C=O) groups excluding carboxylic acids is 1. The Kier molecular flexibility index (Phi) is 6.83. The molecule has 132 valence electrons. The van der Waals surface area contributed by atoms with Crippen molar-refractivity contribution < 1.29 is 14.6 Å². The van der Waals surface area contributed by atoms with Gasteiger partial charge in [0.25, 0.3) is 0 Å². The maximum Gasteiger partial charge on any atom is 0.240 e. The zero-order chi connectivity index (χ0) is 18.1. The van der Waals surface area contributed by atoms with E-state index >= 15 is 0 Å². The topological polar surface area (TPSA) is 83.0 Å². The van der Waals surface area contributed by atoms with E-state index in [9.17, 15) is 9.90 Å². The summed E-state index contributed by atoms with van der Waals surface area (Å²) < 4.78 is 5.02. The first-order chi connectivity index (χ1) is 12.1. The van der Waals surface area contributed by atoms with E-state index < -0.39 is 0 Å². The second kappa shape index (κ2) is 9.32. The molecule has 0 radical (unpaired) electrons. The van der Waals surface area contributed by atoms with E-state index in [1.807, 2.05) is 31.2 Å². The Hall–Kier alpha value is -3.02. The molecule has 0 saturated carbocycles. The quantitative estimate of drug-likeness (QED) is 0.391. The summed E-state index contributed by atoms with van der Waals surface area (Å²) in [4.78, 5) is 11.7. The Morgan fingerprint density at radius 1 is 1.24 bits per heavy atom. The Morgan fingerprint density at radius 2 is 2.00 bits per heavy atom. The van der Waals surface area contributed by atoms with Gasteiger partial charge in [-0.3, -0.25) is 4.79 Å². The summed E-state index contributed by atoms with van der Waals surface area (Å²) in [5.41, 5.74) is 5.47. The molecule has 0 spiro atoms. The van der Waals surface area contributed by atoms with Crippen molar-refractivity contribution in [3.05, 3.63) is 53.6 Å². The average molecular weight is 341 g/mol. The number of methoxy groups -OCH3 is 1. The lowest BCUT2D eigenvalue weighted by atomic mass is 10.2. The van der Waals surface area contributed by atoms with Crippen LogP contribution in [0.1, 0.15) is 24.0 Å². The number of phenols is 1. The highest BCUT2D eigenvalue weighted by molar-refractivity contribution is 5.83. The predicted octanol–water partition coefficient (Wildman–Crippen LogP) is 3.05. The minimum absolute atomic E-state index is 0.0600. The number of hydrazone groups is 1. The number of hydrogen-bond donors (Lipinski definition) is 3. The van der Waals surface area contributed by atoms with Crippen LogP contribution in [0.15, 0.2) is 47.6 Å². The molecule has 25 heavy (non-hydrogen) atoms. The molecule has 3 N–H and O–H groups in total. The number of hydrogen-bond acceptors (Lipinski definition) is 5. The SMILES string of the molecule is COc1cc(/C=N\NC(=O)CCCNc2ccc(C)cc2)ccc1O. The molecule has 2 rings (SSSR count). The fraction of sp³-hybridized carbons (Fsp3) is 0.263. The minimum Gasteiger partial charge on any atom is -0.504 e. The number of aryl methyl sites for hydroxylation is 1. The summed E-state index contributed by atoms with van der Waals surface area (Å²) in [7, 11) is 1.47. The molecule has 6 heteroatoms. The van der Waals surface area contributed by atoms with Gasteiger partial charge in [-0.1, -0.05) is 17.7 Å². The largest absolute Gasteiger partial charge is 0.504 e. The summed E-state index contributed by atoms with van der Waals surface area (Å²) >= 11 is 0. The van der Waals surface area contributed by atoms with Gasteiger partial charge in [0.15, 0.2) is 11.5 Å². The summed E-state index contributed by atoms with van der Waals surface area (Å²) in [6.07, 6.45) is 2.60. The first kappa shape index (κ1) is 18.3. The number of benzene rings is 2. The van der Waals surface area contributed by atoms with Crippen molar-refractivity contribution in [1.29, 1.82) is 0 Å². The number of nitrogens with zero attached hydrogens (tertiary/aromatic N) is 1. The van der Waals surface area contributed by atoms with Crippen LogP contribution >= 0.6 is 0 Å². The van der Waals surface area contributed by atoms with Gasteiger partial charge in [0.05, 0.1) is 13.3 Å². The van der Waals surface area contributed by atoms with Gasteiger partial charge in [-0.2, -0.15) is 5.10 Å². The lowest BCUT2D eigenvalue weighted by molar-refractivity contribution is -0.121. The number of rotatable bonds is 8. The maximum absolute atomic E-state index is 11.7. The fourth-order valence-corrected chi connectivity index (χ4v) is 2.16. The van der Waals surface area contributed by atoms with Crippen LogP contribution in [-0.4, -0.2) is 30.9 Å². The van der Waals surface area contributed by atoms with E-state index in [4.69, 9.17) is 4.74 Å². The number of aromatic hydroxyl groups is 1. The zero-order valence-corrected chi connectivity index (χ0v) is 14.5. The second-order valence-corrected chi connectivity index (χ2v) is 5.62. The number of nitrogens with one attached hydrogen (secondary N) is 2. The standard InChI is InChI=1S/C19H23N3O3/c1-14-5-8-16(9-6-14)20-11-3-4-19(24)22-21-13-15-7-10-17(23)18(12-15)25-2/h5-10,12-13,20,23H,3-4,11H2,1-2H3,(H,22,24)/b21-13-. The molecule has 0 saturated heterocycles. The van der Waals surface area contributed by atoms with E-state index in [0.29, 0.717) is 18.6 Å². The summed E-state index contributed by atoms with van der Waals surface area (Å²) in [6, 6.07) is 13.0. The van der Waals surface area contributed by atoms with Crippen molar-refractivity contribution >= 4 is 17.8 Å². The highest BCUT2D eigenvalue weighted by Gasteiger charge is 2.02. The van der Waals surface area contributed by atoms with Gasteiger partial charge >= 0.3 is 0 Å². The monoisotopic (exact) mass is 341 g/mol. The third-order valence-electron chi connectivity index (χ3n) is 3.57. The summed E-state index contributed by atoms with van der Waals surface area (Å²) in [6.45, 7) is 2.76. The minimum atomic E-state index is -0.146. The molecule has 0 aromatic heterocycles. The van der Waals surface area contributed by atoms with Gasteiger partial charge in [0.1, 0.15) is 0 Å². The van der Waals surface area contributed by atoms with Crippen LogP contribution in [0.4, 0.5) is 5.69 Å². The van der Waals surface area contributed by atoms with Gasteiger partial charge in [-0.25, -0.2) is 5.43 Å². The van der Waals surface area contributed by atoms with Gasteiger partial charge in [0.2, 0.25) is 5.91 Å². The van der Waals surface area contributed by atoms with Gasteiger partial charge in [0, 0.05) is 18.7 Å². The number of ether oxygens (including phenoxy) is 1. The fourth-order valence-electron chi connectivity index (χ4n) is 2.16. The normalized spacial score (nSPS) is 10.6. The molecular formula is C19H23N3O3. The highest BCUT2D eigenvalue weighted by atomic mass is 16.5. The molecule has 0 bridgehead atoms. The Balaban J connectivity index is 1.69. The van der Waals surface area contributed by atoms with E-state index in [0.717, 1.165) is 17.8 Å². The van der Waals surface area contributed by atoms with E-state index in [2.05, 4.69) is 15.8 Å². The van der Waals surface area contributed by atoms with Crippen LogP contribution < -0.4 is 15.5 Å². The van der Waals surface area contributed by atoms with Crippen molar-refractivity contribution in [2.24, 2.45) is 5.10 Å². The van der Waals surface area contributed by atoms with Crippen molar-refractivity contribution in [2.45, 2.75) is 19.8 Å². The molecule has 0 aliphatic carbocycles. The first-order valence-corrected chi connectivity index (χ1v) is 8.08. The van der Waals surface area contributed by atoms with Gasteiger partial charge < -0.3 is 15.2 Å². The molecule has 0 heterocycles. The Labute approximate surface area is 147 Å². The molecule has 0 unspecified atom stereocenters. The average Bonchev–Trinajstić information content (AvgIpc) is 2.61. The first-order valence-electron chi connectivity index (χ1n) is 8.08. The third kappa shape index (κ3) is 6.18. The maximum atomic E-state index is 11.7. The molecule has 2 aromatic rings. The number of phenolic OH excluding ortho intramolecular Hbond substituents is 1. The van der Waals surface area contributed by atoms with Crippen molar-refractivity contribution in [3.63, 3.8) is 0 Å². The molecule has 0 fully saturated rings. The van der Waals surface area contributed by atoms with Crippen LogP contribution in [0.3, 0.4) is 0 Å². The molecule has 0 aliphatic heterocycles. The molecule has 1 amide bonds. The molecule has 0 atom stereocenters. The van der Waals surface area contributed by atoms with Crippen molar-refractivity contribution in [3.8, 4) is 11.5 Å². The lowest BCUT2D eigenvalue weighted by Crippen LogP contribution is -2.18. The summed E-state index contributed by atoms with van der Waals surface area (Å²) in [5, 5.41) is 16.7. The smallest absolute Gasteiger partial charge is 0.240 e. The lowest BCUT2D eigenvalue weighted by Gasteiger charge is -2.06. The van der Waals surface area contributed by atoms with Crippen LogP contribution in [-0.2, 0) is 4.79 Å². The summed E-state index contributed by atoms with van der Waals surface area (Å²) in [5.74, 6) is 0.273. The molecular weight excluding hydrogens is 318 g/mol. The van der Waals surface area contributed by atoms with Gasteiger partial charge in [-0.15, -0.1) is 0 Å². The third-order valence-corrected chi connectivity index (χ3v) is 3.57. The predicted molar refractivity (Wildman–Crippen MR) is 99.3 cm³/mol. The van der Waals surface area contributed by atoms with E-state index in [1.54, 1.807) is 12.1 Å². The van der Waals surface area contributed by atoms with Crippen molar-refractivity contribution in [1.82, 2.24) is 5.43 Å². The van der Waals surface area contributed by atoms with Crippen LogP contribution in [0, 0.1) is 6.92 Å². The van der Waals surface area contributed by atoms with Crippen LogP contribution in [0.25, 0.3) is 0 Å². The molecule has 6 nitrogen and oxygen atoms in total.